The summed E-state index contributed by atoms with van der Waals surface area (Å²) in [5, 5.41) is 10.7. The number of carboxylic acid groups (broad SMARTS) is 1. The summed E-state index contributed by atoms with van der Waals surface area (Å²) >= 11 is 1.57. The Morgan fingerprint density at radius 2 is 2.06 bits per heavy atom. The van der Waals surface area contributed by atoms with Crippen LogP contribution in [-0.2, 0) is 16.0 Å². The third kappa shape index (κ3) is 3.94. The lowest BCUT2D eigenvalue weighted by Crippen LogP contribution is -2.30. The molecule has 0 aliphatic rings. The van der Waals surface area contributed by atoms with Crippen molar-refractivity contribution in [1.29, 1.82) is 0 Å². The Labute approximate surface area is 98.0 Å². The molecule has 1 amide bonds. The predicted octanol–water partition coefficient (Wildman–Crippen LogP) is 1.15. The van der Waals surface area contributed by atoms with Crippen molar-refractivity contribution in [2.75, 3.05) is 12.8 Å². The van der Waals surface area contributed by atoms with Crippen molar-refractivity contribution in [3.63, 3.8) is 0 Å². The van der Waals surface area contributed by atoms with Gasteiger partial charge in [-0.15, -0.1) is 11.8 Å². The van der Waals surface area contributed by atoms with E-state index in [1.165, 1.54) is 0 Å². The third-order valence-electron chi connectivity index (χ3n) is 1.98. The van der Waals surface area contributed by atoms with E-state index in [0.717, 1.165) is 10.5 Å². The van der Waals surface area contributed by atoms with Crippen LogP contribution in [0.1, 0.15) is 5.56 Å². The molecule has 0 radical (unpaired) electrons. The van der Waals surface area contributed by atoms with Gasteiger partial charge in [0.25, 0.3) is 0 Å². The Balaban J connectivity index is 2.58. The fourth-order valence-corrected chi connectivity index (χ4v) is 1.88. The fourth-order valence-electron chi connectivity index (χ4n) is 1.26. The average molecular weight is 239 g/mol. The largest absolute Gasteiger partial charge is 0.480 e. The smallest absolute Gasteiger partial charge is 0.322 e. The Kier molecular flexibility index (Phi) is 4.85. The van der Waals surface area contributed by atoms with Gasteiger partial charge in [-0.2, -0.15) is 0 Å². The summed E-state index contributed by atoms with van der Waals surface area (Å²) in [7, 11) is 0. The molecule has 0 bridgehead atoms. The minimum atomic E-state index is -1.04. The molecular formula is C11H13NO3S. The lowest BCUT2D eigenvalue weighted by molar-refractivity contribution is -0.137. The van der Waals surface area contributed by atoms with E-state index in [0.29, 0.717) is 0 Å². The summed E-state index contributed by atoms with van der Waals surface area (Å²) in [6.07, 6.45) is 2.15. The first kappa shape index (κ1) is 12.6. The number of nitrogens with one attached hydrogen (secondary N) is 1. The predicted molar refractivity (Wildman–Crippen MR) is 62.6 cm³/mol. The normalized spacial score (nSPS) is 9.81. The van der Waals surface area contributed by atoms with Gasteiger partial charge in [0.2, 0.25) is 5.91 Å². The van der Waals surface area contributed by atoms with Crippen LogP contribution in [0.25, 0.3) is 0 Å². The maximum absolute atomic E-state index is 11.4. The molecule has 1 aromatic rings. The number of hydrogen-bond donors (Lipinski definition) is 2. The van der Waals surface area contributed by atoms with Crippen molar-refractivity contribution >= 4 is 23.6 Å². The second kappa shape index (κ2) is 6.17. The highest BCUT2D eigenvalue weighted by molar-refractivity contribution is 7.98. The fraction of sp³-hybridized carbons (Fsp3) is 0.273. The van der Waals surface area contributed by atoms with Crippen LogP contribution < -0.4 is 5.32 Å². The van der Waals surface area contributed by atoms with Crippen LogP contribution >= 0.6 is 11.8 Å². The van der Waals surface area contributed by atoms with Gasteiger partial charge >= 0.3 is 5.97 Å². The van der Waals surface area contributed by atoms with Gasteiger partial charge < -0.3 is 10.4 Å². The SMILES string of the molecule is CSc1ccccc1CC(=O)NCC(=O)O. The van der Waals surface area contributed by atoms with Crippen molar-refractivity contribution in [1.82, 2.24) is 5.32 Å². The van der Waals surface area contributed by atoms with E-state index >= 15 is 0 Å². The van der Waals surface area contributed by atoms with E-state index in [2.05, 4.69) is 5.32 Å². The number of amides is 1. The molecule has 0 aliphatic heterocycles. The van der Waals surface area contributed by atoms with Crippen LogP contribution in [0.4, 0.5) is 0 Å². The third-order valence-corrected chi connectivity index (χ3v) is 2.82. The summed E-state index contributed by atoms with van der Waals surface area (Å²) in [5.41, 5.74) is 0.915. The molecule has 16 heavy (non-hydrogen) atoms. The van der Waals surface area contributed by atoms with Gasteiger partial charge in [-0.05, 0) is 17.9 Å². The molecule has 0 unspecified atom stereocenters. The maximum Gasteiger partial charge on any atom is 0.322 e. The van der Waals surface area contributed by atoms with Gasteiger partial charge in [-0.1, -0.05) is 18.2 Å². The molecule has 0 fully saturated rings. The molecule has 0 aliphatic carbocycles. The second-order valence-electron chi connectivity index (χ2n) is 3.16. The lowest BCUT2D eigenvalue weighted by atomic mass is 10.1. The minimum Gasteiger partial charge on any atom is -0.480 e. The Bertz CT molecular complexity index is 393. The topological polar surface area (TPSA) is 66.4 Å². The van der Waals surface area contributed by atoms with Crippen molar-refractivity contribution in [2.45, 2.75) is 11.3 Å². The van der Waals surface area contributed by atoms with Gasteiger partial charge in [0.15, 0.2) is 0 Å². The number of rotatable bonds is 5. The average Bonchev–Trinajstić information content (AvgIpc) is 2.27. The molecule has 0 saturated carbocycles. The van der Waals surface area contributed by atoms with E-state index in [9.17, 15) is 9.59 Å². The molecule has 0 atom stereocenters. The Morgan fingerprint density at radius 3 is 2.69 bits per heavy atom. The summed E-state index contributed by atoms with van der Waals surface area (Å²) in [4.78, 5) is 22.7. The van der Waals surface area contributed by atoms with Crippen molar-refractivity contribution in [3.05, 3.63) is 29.8 Å². The minimum absolute atomic E-state index is 0.213. The van der Waals surface area contributed by atoms with E-state index < -0.39 is 5.97 Å². The highest BCUT2D eigenvalue weighted by Gasteiger charge is 2.07. The van der Waals surface area contributed by atoms with Crippen LogP contribution in [0.15, 0.2) is 29.2 Å². The van der Waals surface area contributed by atoms with Crippen molar-refractivity contribution < 1.29 is 14.7 Å². The molecular weight excluding hydrogens is 226 g/mol. The highest BCUT2D eigenvalue weighted by Crippen LogP contribution is 2.19. The summed E-state index contributed by atoms with van der Waals surface area (Å²) in [5.74, 6) is -1.31. The molecule has 0 aromatic heterocycles. The van der Waals surface area contributed by atoms with Crippen molar-refractivity contribution in [2.24, 2.45) is 0 Å². The highest BCUT2D eigenvalue weighted by atomic mass is 32.2. The standard InChI is InChI=1S/C11H13NO3S/c1-16-9-5-3-2-4-8(9)6-10(13)12-7-11(14)15/h2-5H,6-7H2,1H3,(H,12,13)(H,14,15). The first-order chi connectivity index (χ1) is 7.63. The van der Waals surface area contributed by atoms with E-state index in [-0.39, 0.29) is 18.9 Å². The number of carboxylic acids is 1. The second-order valence-corrected chi connectivity index (χ2v) is 4.01. The zero-order valence-corrected chi connectivity index (χ0v) is 9.71. The molecule has 1 rings (SSSR count). The van der Waals surface area contributed by atoms with E-state index in [4.69, 9.17) is 5.11 Å². The van der Waals surface area contributed by atoms with Crippen molar-refractivity contribution in [3.8, 4) is 0 Å². The number of aliphatic carboxylic acids is 1. The maximum atomic E-state index is 11.4. The molecule has 5 heteroatoms. The Morgan fingerprint density at radius 1 is 1.38 bits per heavy atom. The lowest BCUT2D eigenvalue weighted by Gasteiger charge is -2.06. The van der Waals surface area contributed by atoms with Gasteiger partial charge in [0, 0.05) is 4.90 Å². The summed E-state index contributed by atoms with van der Waals surface area (Å²) < 4.78 is 0. The summed E-state index contributed by atoms with van der Waals surface area (Å²) in [6.45, 7) is -0.333. The van der Waals surface area contributed by atoms with E-state index in [1.54, 1.807) is 11.8 Å². The number of carbonyl (C=O) groups is 2. The van der Waals surface area contributed by atoms with Gasteiger partial charge in [0.05, 0.1) is 6.42 Å². The van der Waals surface area contributed by atoms with Crippen LogP contribution in [0.2, 0.25) is 0 Å². The number of benzene rings is 1. The molecule has 86 valence electrons. The van der Waals surface area contributed by atoms with Gasteiger partial charge in [0.1, 0.15) is 6.54 Å². The zero-order valence-electron chi connectivity index (χ0n) is 8.90. The number of thioether (sulfide) groups is 1. The molecule has 0 heterocycles. The quantitative estimate of drug-likeness (QED) is 0.756. The molecule has 1 aromatic carbocycles. The molecule has 0 spiro atoms. The molecule has 2 N–H and O–H groups in total. The first-order valence-corrected chi connectivity index (χ1v) is 5.96. The van der Waals surface area contributed by atoms with Gasteiger partial charge in [-0.25, -0.2) is 0 Å². The molecule has 0 saturated heterocycles. The monoisotopic (exact) mass is 239 g/mol. The van der Waals surface area contributed by atoms with Crippen LogP contribution in [0, 0.1) is 0 Å². The van der Waals surface area contributed by atoms with Crippen LogP contribution in [0.3, 0.4) is 0 Å². The Hall–Kier alpha value is -1.49. The zero-order chi connectivity index (χ0) is 12.0. The summed E-state index contributed by atoms with van der Waals surface area (Å²) in [6, 6.07) is 7.57. The number of hydrogen-bond acceptors (Lipinski definition) is 3. The molecule has 4 nitrogen and oxygen atoms in total. The van der Waals surface area contributed by atoms with Crippen LogP contribution in [-0.4, -0.2) is 29.8 Å². The van der Waals surface area contributed by atoms with E-state index in [1.807, 2.05) is 30.5 Å². The van der Waals surface area contributed by atoms with Gasteiger partial charge in [-0.3, -0.25) is 9.59 Å². The number of carbonyl (C=O) groups excluding carboxylic acids is 1. The first-order valence-electron chi connectivity index (χ1n) is 4.74. The van der Waals surface area contributed by atoms with Crippen LogP contribution in [0.5, 0.6) is 0 Å².